The highest BCUT2D eigenvalue weighted by Gasteiger charge is 2.25. The Hall–Kier alpha value is -0.810. The van der Waals surface area contributed by atoms with Gasteiger partial charge in [0.05, 0.1) is 6.54 Å². The van der Waals surface area contributed by atoms with Gasteiger partial charge in [-0.2, -0.15) is 0 Å². The van der Waals surface area contributed by atoms with Gasteiger partial charge in [-0.1, -0.05) is 30.1 Å². The molecule has 0 spiro atoms. The normalized spacial score (nSPS) is 17.1. The van der Waals surface area contributed by atoms with Crippen LogP contribution in [0.5, 0.6) is 0 Å². The molecule has 6 heteroatoms. The van der Waals surface area contributed by atoms with Crippen molar-refractivity contribution in [2.24, 2.45) is 0 Å². The van der Waals surface area contributed by atoms with Crippen molar-refractivity contribution in [1.29, 1.82) is 0 Å². The van der Waals surface area contributed by atoms with E-state index in [2.05, 4.69) is 9.80 Å². The molecule has 1 saturated heterocycles. The predicted octanol–water partition coefficient (Wildman–Crippen LogP) is 3.36. The fraction of sp³-hybridized carbons (Fsp3) is 0.562. The van der Waals surface area contributed by atoms with Crippen molar-refractivity contribution in [2.45, 2.75) is 32.4 Å². The lowest BCUT2D eigenvalue weighted by atomic mass is 10.0. The maximum atomic E-state index is 10.9. The number of hydrogen-bond acceptors (Lipinski definition) is 3. The van der Waals surface area contributed by atoms with Crippen molar-refractivity contribution in [3.8, 4) is 0 Å². The zero-order valence-corrected chi connectivity index (χ0v) is 14.3. The zero-order chi connectivity index (χ0) is 16.1. The molecule has 1 fully saturated rings. The van der Waals surface area contributed by atoms with E-state index in [0.717, 1.165) is 44.6 Å². The quantitative estimate of drug-likeness (QED) is 0.859. The first-order valence-corrected chi connectivity index (χ1v) is 8.36. The maximum absolute atomic E-state index is 10.9. The van der Waals surface area contributed by atoms with Gasteiger partial charge in [0, 0.05) is 22.6 Å². The second-order valence-corrected chi connectivity index (χ2v) is 6.61. The van der Waals surface area contributed by atoms with Gasteiger partial charge < -0.3 is 5.11 Å². The fourth-order valence-electron chi connectivity index (χ4n) is 3.08. The SMILES string of the molecule is CCN(CC(=O)O)C1CCN(Cc2cc(Cl)cc(Cl)c2)CC1. The van der Waals surface area contributed by atoms with Gasteiger partial charge in [0.2, 0.25) is 0 Å². The first-order valence-electron chi connectivity index (χ1n) is 7.61. The number of rotatable bonds is 6. The van der Waals surface area contributed by atoms with Gasteiger partial charge in [0.15, 0.2) is 0 Å². The Labute approximate surface area is 141 Å². The summed E-state index contributed by atoms with van der Waals surface area (Å²) in [7, 11) is 0. The van der Waals surface area contributed by atoms with Gasteiger partial charge in [-0.05, 0) is 56.2 Å². The third kappa shape index (κ3) is 5.13. The molecule has 1 aliphatic heterocycles. The molecule has 1 heterocycles. The van der Waals surface area contributed by atoms with E-state index in [1.165, 1.54) is 0 Å². The Morgan fingerprint density at radius 1 is 1.27 bits per heavy atom. The van der Waals surface area contributed by atoms with Crippen molar-refractivity contribution in [3.05, 3.63) is 33.8 Å². The van der Waals surface area contributed by atoms with Crippen LogP contribution in [-0.2, 0) is 11.3 Å². The van der Waals surface area contributed by atoms with Crippen LogP contribution in [0, 0.1) is 0 Å². The third-order valence-electron chi connectivity index (χ3n) is 4.15. The third-order valence-corrected chi connectivity index (χ3v) is 4.58. The van der Waals surface area contributed by atoms with E-state index in [1.54, 1.807) is 6.07 Å². The Kier molecular flexibility index (Phi) is 6.50. The van der Waals surface area contributed by atoms with E-state index >= 15 is 0 Å². The molecule has 0 aromatic heterocycles. The minimum absolute atomic E-state index is 0.130. The van der Waals surface area contributed by atoms with E-state index in [-0.39, 0.29) is 6.54 Å². The van der Waals surface area contributed by atoms with E-state index in [0.29, 0.717) is 16.1 Å². The summed E-state index contributed by atoms with van der Waals surface area (Å²) in [5, 5.41) is 10.3. The minimum atomic E-state index is -0.752. The highest BCUT2D eigenvalue weighted by Crippen LogP contribution is 2.22. The molecular weight excluding hydrogens is 323 g/mol. The second kappa shape index (κ2) is 8.16. The number of likely N-dealkylation sites (tertiary alicyclic amines) is 1. The van der Waals surface area contributed by atoms with Gasteiger partial charge in [0.1, 0.15) is 0 Å². The first-order chi connectivity index (χ1) is 10.5. The largest absolute Gasteiger partial charge is 0.480 e. The number of piperidine rings is 1. The topological polar surface area (TPSA) is 43.8 Å². The summed E-state index contributed by atoms with van der Waals surface area (Å²) in [6.45, 7) is 5.68. The number of hydrogen-bond donors (Lipinski definition) is 1. The van der Waals surface area contributed by atoms with Crippen LogP contribution >= 0.6 is 23.2 Å². The summed E-state index contributed by atoms with van der Waals surface area (Å²) in [4.78, 5) is 15.3. The molecule has 0 radical (unpaired) electrons. The lowest BCUT2D eigenvalue weighted by Gasteiger charge is -2.37. The highest BCUT2D eigenvalue weighted by molar-refractivity contribution is 6.34. The van der Waals surface area contributed by atoms with Crippen LogP contribution in [0.25, 0.3) is 0 Å². The number of likely N-dealkylation sites (N-methyl/N-ethyl adjacent to an activating group) is 1. The minimum Gasteiger partial charge on any atom is -0.480 e. The Bertz CT molecular complexity index is 497. The summed E-state index contributed by atoms with van der Waals surface area (Å²) in [6, 6.07) is 5.99. The summed E-state index contributed by atoms with van der Waals surface area (Å²) >= 11 is 12.1. The molecule has 22 heavy (non-hydrogen) atoms. The average Bonchev–Trinajstić information content (AvgIpc) is 2.44. The van der Waals surface area contributed by atoms with Crippen molar-refractivity contribution in [1.82, 2.24) is 9.80 Å². The van der Waals surface area contributed by atoms with Crippen LogP contribution in [-0.4, -0.2) is 53.1 Å². The Morgan fingerprint density at radius 2 is 1.86 bits per heavy atom. The number of carbonyl (C=O) groups is 1. The lowest BCUT2D eigenvalue weighted by molar-refractivity contribution is -0.139. The molecule has 2 rings (SSSR count). The van der Waals surface area contributed by atoms with Crippen LogP contribution in [0.2, 0.25) is 10.0 Å². The molecule has 1 N–H and O–H groups in total. The number of benzene rings is 1. The Morgan fingerprint density at radius 3 is 2.36 bits per heavy atom. The zero-order valence-electron chi connectivity index (χ0n) is 12.8. The van der Waals surface area contributed by atoms with E-state index < -0.39 is 5.97 Å². The van der Waals surface area contributed by atoms with Crippen LogP contribution in [0.3, 0.4) is 0 Å². The van der Waals surface area contributed by atoms with Gasteiger partial charge in [-0.15, -0.1) is 0 Å². The van der Waals surface area contributed by atoms with Gasteiger partial charge in [0.25, 0.3) is 0 Å². The van der Waals surface area contributed by atoms with E-state index in [9.17, 15) is 4.79 Å². The molecule has 0 atom stereocenters. The molecule has 0 amide bonds. The van der Waals surface area contributed by atoms with Crippen LogP contribution in [0.4, 0.5) is 0 Å². The van der Waals surface area contributed by atoms with Gasteiger partial charge in [-0.25, -0.2) is 0 Å². The summed E-state index contributed by atoms with van der Waals surface area (Å²) < 4.78 is 0. The molecule has 1 aromatic rings. The van der Waals surface area contributed by atoms with Crippen LogP contribution < -0.4 is 0 Å². The number of carboxylic acid groups (broad SMARTS) is 1. The van der Waals surface area contributed by atoms with Gasteiger partial charge >= 0.3 is 5.97 Å². The van der Waals surface area contributed by atoms with Crippen molar-refractivity contribution in [3.63, 3.8) is 0 Å². The molecular formula is C16H22Cl2N2O2. The monoisotopic (exact) mass is 344 g/mol. The lowest BCUT2D eigenvalue weighted by Crippen LogP contribution is -2.46. The van der Waals surface area contributed by atoms with E-state index in [1.807, 2.05) is 19.1 Å². The molecule has 122 valence electrons. The van der Waals surface area contributed by atoms with Crippen molar-refractivity contribution in [2.75, 3.05) is 26.2 Å². The summed E-state index contributed by atoms with van der Waals surface area (Å²) in [6.07, 6.45) is 1.99. The summed E-state index contributed by atoms with van der Waals surface area (Å²) in [5.74, 6) is -0.752. The highest BCUT2D eigenvalue weighted by atomic mass is 35.5. The van der Waals surface area contributed by atoms with Crippen LogP contribution in [0.1, 0.15) is 25.3 Å². The molecule has 4 nitrogen and oxygen atoms in total. The molecule has 0 aliphatic carbocycles. The number of carboxylic acids is 1. The van der Waals surface area contributed by atoms with E-state index in [4.69, 9.17) is 28.3 Å². The Balaban J connectivity index is 1.87. The van der Waals surface area contributed by atoms with Gasteiger partial charge in [-0.3, -0.25) is 14.6 Å². The second-order valence-electron chi connectivity index (χ2n) is 5.74. The summed E-state index contributed by atoms with van der Waals surface area (Å²) in [5.41, 5.74) is 1.12. The maximum Gasteiger partial charge on any atom is 0.317 e. The molecule has 0 unspecified atom stereocenters. The smallest absolute Gasteiger partial charge is 0.317 e. The number of halogens is 2. The molecule has 0 bridgehead atoms. The first kappa shape index (κ1) is 17.5. The predicted molar refractivity (Wildman–Crippen MR) is 89.6 cm³/mol. The molecule has 1 aliphatic rings. The average molecular weight is 345 g/mol. The standard InChI is InChI=1S/C16H22Cl2N2O2/c1-2-20(11-16(21)22)15-3-5-19(6-4-15)10-12-7-13(17)9-14(18)8-12/h7-9,15H,2-6,10-11H2,1H3,(H,21,22). The van der Waals surface area contributed by atoms with Crippen molar-refractivity contribution < 1.29 is 9.90 Å². The fourth-order valence-corrected chi connectivity index (χ4v) is 3.65. The van der Waals surface area contributed by atoms with Crippen LogP contribution in [0.15, 0.2) is 18.2 Å². The number of aliphatic carboxylic acids is 1. The number of nitrogens with zero attached hydrogens (tertiary/aromatic N) is 2. The molecule has 0 saturated carbocycles. The molecule has 1 aromatic carbocycles. The van der Waals surface area contributed by atoms with Crippen molar-refractivity contribution >= 4 is 29.2 Å².